The Balaban J connectivity index is 1.82. The van der Waals surface area contributed by atoms with E-state index in [1.54, 1.807) is 20.0 Å². The number of ether oxygens (including phenoxy) is 2. The van der Waals surface area contributed by atoms with E-state index in [2.05, 4.69) is 15.2 Å². The first kappa shape index (κ1) is 23.6. The SMILES string of the molecule is CC(=O)Nc1cnc2c(c1-c1nc3c(c(C(C)(C)S(C)(=O)=O)n1)OCC1COCC(C)N31)C=C[NH2+]2. The second-order valence-electron chi connectivity index (χ2n) is 9.64. The van der Waals surface area contributed by atoms with Gasteiger partial charge in [0.2, 0.25) is 11.7 Å². The molecule has 2 unspecified atom stereocenters. The van der Waals surface area contributed by atoms with E-state index in [1.165, 1.54) is 13.2 Å². The number of aromatic nitrogens is 3. The van der Waals surface area contributed by atoms with Crippen LogP contribution in [0.15, 0.2) is 12.4 Å². The highest BCUT2D eigenvalue weighted by molar-refractivity contribution is 7.91. The number of rotatable bonds is 4. The van der Waals surface area contributed by atoms with E-state index in [0.717, 1.165) is 5.56 Å². The third-order valence-corrected chi connectivity index (χ3v) is 8.79. The summed E-state index contributed by atoms with van der Waals surface area (Å²) >= 11 is 0. The molecule has 11 nitrogen and oxygen atoms in total. The van der Waals surface area contributed by atoms with Crippen LogP contribution in [-0.4, -0.2) is 67.4 Å². The van der Waals surface area contributed by atoms with Gasteiger partial charge in [-0.05, 0) is 20.8 Å². The monoisotopic (exact) mass is 501 g/mol. The molecule has 3 aliphatic heterocycles. The lowest BCUT2D eigenvalue weighted by atomic mass is 10.0. The molecule has 12 heteroatoms. The zero-order valence-corrected chi connectivity index (χ0v) is 21.1. The minimum atomic E-state index is -3.59. The van der Waals surface area contributed by atoms with Gasteiger partial charge < -0.3 is 19.7 Å². The molecule has 186 valence electrons. The molecule has 5 heterocycles. The van der Waals surface area contributed by atoms with Crippen molar-refractivity contribution in [2.75, 3.05) is 36.3 Å². The van der Waals surface area contributed by atoms with E-state index in [4.69, 9.17) is 19.4 Å². The van der Waals surface area contributed by atoms with E-state index in [9.17, 15) is 13.2 Å². The summed E-state index contributed by atoms with van der Waals surface area (Å²) in [5.41, 5.74) is 2.05. The van der Waals surface area contributed by atoms with Gasteiger partial charge in [-0.1, -0.05) is 0 Å². The Morgan fingerprint density at radius 2 is 2.03 bits per heavy atom. The average molecular weight is 502 g/mol. The maximum absolute atomic E-state index is 12.9. The third-order valence-electron chi connectivity index (χ3n) is 6.75. The van der Waals surface area contributed by atoms with Crippen molar-refractivity contribution in [2.45, 2.75) is 44.5 Å². The Morgan fingerprint density at radius 1 is 1.26 bits per heavy atom. The molecule has 1 fully saturated rings. The van der Waals surface area contributed by atoms with Gasteiger partial charge in [0, 0.05) is 19.3 Å². The Hall–Kier alpha value is -3.09. The number of amides is 1. The second-order valence-corrected chi connectivity index (χ2v) is 12.2. The maximum atomic E-state index is 12.9. The number of carbonyl (C=O) groups is 1. The van der Waals surface area contributed by atoms with Crippen LogP contribution in [0.4, 0.5) is 17.3 Å². The third kappa shape index (κ3) is 3.85. The smallest absolute Gasteiger partial charge is 0.237 e. The Morgan fingerprint density at radius 3 is 2.74 bits per heavy atom. The molecule has 1 saturated heterocycles. The van der Waals surface area contributed by atoms with Crippen LogP contribution in [-0.2, 0) is 24.1 Å². The summed E-state index contributed by atoms with van der Waals surface area (Å²) in [7, 11) is -3.59. The summed E-state index contributed by atoms with van der Waals surface area (Å²) < 4.78 is 36.3. The standard InChI is InChI=1S/C23H28N6O5S/c1-12-9-33-10-14-11-34-18-19(23(3,4)35(5,31)32)27-21(28-22(18)29(12)14)17-15-6-7-24-20(15)25-8-16(17)26-13(2)30/h6-8,12,14H,9-11H2,1-5H3,(H,24,25)(H,26,30)/p+1. The van der Waals surface area contributed by atoms with Crippen molar-refractivity contribution in [2.24, 2.45) is 0 Å². The summed E-state index contributed by atoms with van der Waals surface area (Å²) in [6.45, 7) is 8.02. The van der Waals surface area contributed by atoms with Crippen molar-refractivity contribution in [1.29, 1.82) is 0 Å². The van der Waals surface area contributed by atoms with Crippen LogP contribution in [0.1, 0.15) is 39.0 Å². The van der Waals surface area contributed by atoms with E-state index < -0.39 is 14.6 Å². The Labute approximate surface area is 203 Å². The van der Waals surface area contributed by atoms with Crippen LogP contribution in [0, 0.1) is 0 Å². The molecule has 2 atom stereocenters. The number of quaternary nitrogens is 1. The van der Waals surface area contributed by atoms with Gasteiger partial charge >= 0.3 is 0 Å². The number of fused-ring (bicyclic) bond motifs is 4. The first-order chi connectivity index (χ1) is 16.5. The molecule has 3 N–H and O–H groups in total. The first-order valence-corrected chi connectivity index (χ1v) is 13.3. The van der Waals surface area contributed by atoms with Crippen molar-refractivity contribution in [3.05, 3.63) is 23.7 Å². The number of anilines is 2. The lowest BCUT2D eigenvalue weighted by Gasteiger charge is -2.45. The van der Waals surface area contributed by atoms with Crippen molar-refractivity contribution in [1.82, 2.24) is 15.0 Å². The molecule has 35 heavy (non-hydrogen) atoms. The fourth-order valence-electron chi connectivity index (χ4n) is 4.63. The quantitative estimate of drug-likeness (QED) is 0.626. The fraction of sp³-hybridized carbons (Fsp3) is 0.478. The zero-order chi connectivity index (χ0) is 25.1. The summed E-state index contributed by atoms with van der Waals surface area (Å²) in [5, 5.41) is 4.68. The molecule has 0 aliphatic carbocycles. The molecule has 0 saturated carbocycles. The number of hydrogen-bond donors (Lipinski definition) is 2. The number of nitrogens with zero attached hydrogens (tertiary/aromatic N) is 4. The van der Waals surface area contributed by atoms with Crippen LogP contribution < -0.4 is 20.3 Å². The number of carbonyl (C=O) groups excluding carboxylic acids is 1. The second kappa shape index (κ2) is 8.25. The molecule has 1 amide bonds. The molecular weight excluding hydrogens is 472 g/mol. The summed E-state index contributed by atoms with van der Waals surface area (Å²) in [4.78, 5) is 28.3. The maximum Gasteiger partial charge on any atom is 0.237 e. The first-order valence-electron chi connectivity index (χ1n) is 11.4. The van der Waals surface area contributed by atoms with Crippen molar-refractivity contribution in [3.63, 3.8) is 0 Å². The Kier molecular flexibility index (Phi) is 5.57. The van der Waals surface area contributed by atoms with Gasteiger partial charge in [-0.25, -0.2) is 23.4 Å². The predicted molar refractivity (Wildman–Crippen MR) is 130 cm³/mol. The summed E-state index contributed by atoms with van der Waals surface area (Å²) in [5.74, 6) is 1.63. The van der Waals surface area contributed by atoms with Gasteiger partial charge in [0.15, 0.2) is 27.2 Å². The lowest BCUT2D eigenvalue weighted by molar-refractivity contribution is -0.495. The predicted octanol–water partition coefficient (Wildman–Crippen LogP) is 0.942. The van der Waals surface area contributed by atoms with Crippen LogP contribution in [0.5, 0.6) is 5.75 Å². The van der Waals surface area contributed by atoms with Crippen LogP contribution in [0.25, 0.3) is 17.5 Å². The number of nitrogens with one attached hydrogen (secondary N) is 1. The molecule has 5 rings (SSSR count). The molecule has 2 aromatic heterocycles. The number of pyridine rings is 1. The van der Waals surface area contributed by atoms with Gasteiger partial charge in [0.1, 0.15) is 17.0 Å². The van der Waals surface area contributed by atoms with E-state index in [-0.39, 0.29) is 23.7 Å². The van der Waals surface area contributed by atoms with Gasteiger partial charge in [-0.15, -0.1) is 0 Å². The van der Waals surface area contributed by atoms with E-state index >= 15 is 0 Å². The van der Waals surface area contributed by atoms with Gasteiger partial charge in [0.05, 0.1) is 54.5 Å². The number of nitrogens with two attached hydrogens (primary N) is 1. The minimum Gasteiger partial charge on any atom is -0.486 e. The highest BCUT2D eigenvalue weighted by Crippen LogP contribution is 2.46. The highest BCUT2D eigenvalue weighted by atomic mass is 32.2. The van der Waals surface area contributed by atoms with Crippen molar-refractivity contribution in [3.8, 4) is 17.1 Å². The highest BCUT2D eigenvalue weighted by Gasteiger charge is 2.44. The van der Waals surface area contributed by atoms with Gasteiger partial charge in [-0.3, -0.25) is 10.1 Å². The van der Waals surface area contributed by atoms with Crippen LogP contribution in [0.3, 0.4) is 0 Å². The van der Waals surface area contributed by atoms with Crippen molar-refractivity contribution >= 4 is 39.1 Å². The van der Waals surface area contributed by atoms with Crippen LogP contribution in [0.2, 0.25) is 0 Å². The molecular formula is C23H29N6O5S+. The summed E-state index contributed by atoms with van der Waals surface area (Å²) in [6, 6.07) is -0.0612. The lowest BCUT2D eigenvalue weighted by Crippen LogP contribution is -2.70. The average Bonchev–Trinajstić information content (AvgIpc) is 3.25. The van der Waals surface area contributed by atoms with E-state index in [1.807, 2.05) is 24.5 Å². The molecule has 0 spiro atoms. The number of sulfone groups is 1. The minimum absolute atomic E-state index is 0.000421. The van der Waals surface area contributed by atoms with Crippen LogP contribution >= 0.6 is 0 Å². The Bertz CT molecular complexity index is 1360. The largest absolute Gasteiger partial charge is 0.486 e. The summed E-state index contributed by atoms with van der Waals surface area (Å²) in [6.07, 6.45) is 6.50. The molecule has 0 aromatic carbocycles. The number of hydrogen-bond acceptors (Lipinski definition) is 9. The zero-order valence-electron chi connectivity index (χ0n) is 20.3. The molecule has 3 aliphatic rings. The fourth-order valence-corrected chi connectivity index (χ4v) is 5.12. The number of morpholine rings is 1. The molecule has 0 bridgehead atoms. The van der Waals surface area contributed by atoms with E-state index in [0.29, 0.717) is 54.3 Å². The van der Waals surface area contributed by atoms with Crippen molar-refractivity contribution < 1.29 is 28.0 Å². The topological polar surface area (TPSA) is 140 Å². The molecule has 2 aromatic rings. The normalized spacial score (nSPS) is 21.1. The van der Waals surface area contributed by atoms with Gasteiger partial charge in [-0.2, -0.15) is 0 Å². The molecule has 0 radical (unpaired) electrons. The van der Waals surface area contributed by atoms with Gasteiger partial charge in [0.25, 0.3) is 0 Å².